The summed E-state index contributed by atoms with van der Waals surface area (Å²) in [5, 5.41) is 0.766. The summed E-state index contributed by atoms with van der Waals surface area (Å²) in [6, 6.07) is 16.2. The quantitative estimate of drug-likeness (QED) is 0.352. The molecular weight excluding hydrogens is 550 g/mol. The summed E-state index contributed by atoms with van der Waals surface area (Å²) in [6.45, 7) is 3.43. The van der Waals surface area contributed by atoms with Crippen LogP contribution in [-0.4, -0.2) is 63.0 Å². The van der Waals surface area contributed by atoms with Crippen molar-refractivity contribution in [1.82, 2.24) is 19.6 Å². The number of nitrogens with one attached hydrogen (secondary N) is 1. The zero-order chi connectivity index (χ0) is 28.1. The van der Waals surface area contributed by atoms with Crippen LogP contribution in [0.15, 0.2) is 59.5 Å². The number of likely N-dealkylation sites (tertiary alicyclic amines) is 1. The third kappa shape index (κ3) is 4.65. The second-order valence-electron chi connectivity index (χ2n) is 10.1. The number of sulfonamides is 1. The Bertz CT molecular complexity index is 1720. The van der Waals surface area contributed by atoms with Crippen molar-refractivity contribution in [1.29, 1.82) is 0 Å². The predicted octanol–water partition coefficient (Wildman–Crippen LogP) is 3.83. The van der Waals surface area contributed by atoms with E-state index in [9.17, 15) is 13.2 Å². The van der Waals surface area contributed by atoms with Crippen LogP contribution < -0.4 is 19.1 Å². The first-order chi connectivity index (χ1) is 19.2. The van der Waals surface area contributed by atoms with Gasteiger partial charge in [0, 0.05) is 50.3 Å². The van der Waals surface area contributed by atoms with Crippen LogP contribution in [0.3, 0.4) is 0 Å². The lowest BCUT2D eigenvalue weighted by atomic mass is 9.81. The Morgan fingerprint density at radius 2 is 1.93 bits per heavy atom. The van der Waals surface area contributed by atoms with E-state index in [0.717, 1.165) is 38.7 Å². The predicted molar refractivity (Wildman–Crippen MR) is 153 cm³/mol. The topological polar surface area (TPSA) is 114 Å². The van der Waals surface area contributed by atoms with E-state index in [1.54, 1.807) is 45.4 Å². The lowest BCUT2D eigenvalue weighted by Crippen LogP contribution is -2.36. The molecule has 0 radical (unpaired) electrons. The molecule has 40 heavy (non-hydrogen) atoms. The van der Waals surface area contributed by atoms with Crippen LogP contribution in [0, 0.1) is 0 Å². The Morgan fingerprint density at radius 1 is 1.07 bits per heavy atom. The van der Waals surface area contributed by atoms with Gasteiger partial charge in [-0.2, -0.15) is 0 Å². The summed E-state index contributed by atoms with van der Waals surface area (Å²) in [4.78, 5) is 26.5. The van der Waals surface area contributed by atoms with E-state index in [2.05, 4.69) is 14.6 Å². The maximum absolute atomic E-state index is 13.4. The van der Waals surface area contributed by atoms with E-state index in [1.807, 2.05) is 35.2 Å². The zero-order valence-electron chi connectivity index (χ0n) is 22.4. The van der Waals surface area contributed by atoms with Crippen LogP contribution >= 0.6 is 11.3 Å². The number of hydrogen-bond donors (Lipinski definition) is 1. The molecule has 4 aromatic rings. The highest BCUT2D eigenvalue weighted by Gasteiger charge is 2.49. The average molecular weight is 580 g/mol. The van der Waals surface area contributed by atoms with E-state index in [-0.39, 0.29) is 17.3 Å². The van der Waals surface area contributed by atoms with Gasteiger partial charge in [0.25, 0.3) is 0 Å². The summed E-state index contributed by atoms with van der Waals surface area (Å²) in [7, 11) is -0.660. The second kappa shape index (κ2) is 10.0. The van der Waals surface area contributed by atoms with Gasteiger partial charge in [0.05, 0.1) is 19.1 Å². The van der Waals surface area contributed by atoms with Crippen molar-refractivity contribution >= 4 is 48.4 Å². The number of pyridine rings is 1. The highest BCUT2D eigenvalue weighted by molar-refractivity contribution is 7.89. The molecule has 1 fully saturated rings. The van der Waals surface area contributed by atoms with Gasteiger partial charge in [-0.1, -0.05) is 23.5 Å². The van der Waals surface area contributed by atoms with Crippen LogP contribution in [0.4, 0.5) is 10.8 Å². The van der Waals surface area contributed by atoms with Crippen LogP contribution in [0.2, 0.25) is 0 Å². The fourth-order valence-corrected chi connectivity index (χ4v) is 7.53. The van der Waals surface area contributed by atoms with Crippen LogP contribution in [0.25, 0.3) is 10.3 Å². The molecule has 1 unspecified atom stereocenters. The Kier molecular flexibility index (Phi) is 6.64. The van der Waals surface area contributed by atoms with E-state index >= 15 is 0 Å². The standard InChI is InChI=1S/C28H29N5O5S2/c1-18(34)32-12-11-28(16-32)17-33(27-30-23-8-10-25(38-3)31-26(23)39-27)24-9-7-21(14-22(24)28)40(35,36)29-15-19-5-4-6-20(13-19)37-2/h4-10,13-14,29H,11-12,15-17H2,1-3H3. The van der Waals surface area contributed by atoms with Crippen molar-refractivity contribution in [3.05, 3.63) is 65.7 Å². The van der Waals surface area contributed by atoms with Gasteiger partial charge in [-0.25, -0.2) is 23.1 Å². The number of methoxy groups -OCH3 is 2. The molecule has 1 atom stereocenters. The fourth-order valence-electron chi connectivity index (χ4n) is 5.54. The summed E-state index contributed by atoms with van der Waals surface area (Å²) >= 11 is 1.46. The molecule has 0 saturated carbocycles. The molecular formula is C28H29N5O5S2. The maximum Gasteiger partial charge on any atom is 0.240 e. The van der Waals surface area contributed by atoms with Crippen molar-refractivity contribution in [2.75, 3.05) is 38.8 Å². The number of hydrogen-bond acceptors (Lipinski definition) is 9. The summed E-state index contributed by atoms with van der Waals surface area (Å²) < 4.78 is 40.1. The number of carbonyl (C=O) groups is 1. The minimum Gasteiger partial charge on any atom is -0.497 e. The highest BCUT2D eigenvalue weighted by Crippen LogP contribution is 2.50. The molecule has 1 N–H and O–H groups in total. The van der Waals surface area contributed by atoms with Crippen LogP contribution in [0.5, 0.6) is 11.6 Å². The van der Waals surface area contributed by atoms with Gasteiger partial charge in [-0.05, 0) is 53.9 Å². The molecule has 2 aromatic carbocycles. The largest absolute Gasteiger partial charge is 0.497 e. The normalized spacial score (nSPS) is 18.5. The number of nitrogens with zero attached hydrogens (tertiary/aromatic N) is 4. The molecule has 0 aliphatic carbocycles. The number of benzene rings is 2. The lowest BCUT2D eigenvalue weighted by molar-refractivity contribution is -0.127. The minimum absolute atomic E-state index is 0.0110. The first kappa shape index (κ1) is 26.5. The molecule has 10 nitrogen and oxygen atoms in total. The van der Waals surface area contributed by atoms with Crippen molar-refractivity contribution < 1.29 is 22.7 Å². The molecule has 2 aliphatic heterocycles. The number of ether oxygens (including phenoxy) is 2. The Labute approximate surface area is 236 Å². The maximum atomic E-state index is 13.4. The fraction of sp³-hybridized carbons (Fsp3) is 0.321. The summed E-state index contributed by atoms with van der Waals surface area (Å²) in [5.41, 5.74) is 2.94. The van der Waals surface area contributed by atoms with Crippen molar-refractivity contribution in [2.45, 2.75) is 30.2 Å². The second-order valence-corrected chi connectivity index (χ2v) is 12.8. The molecule has 2 aliphatic rings. The van der Waals surface area contributed by atoms with Gasteiger partial charge >= 0.3 is 0 Å². The van der Waals surface area contributed by atoms with Gasteiger partial charge in [0.1, 0.15) is 16.1 Å². The van der Waals surface area contributed by atoms with Crippen LogP contribution in [0.1, 0.15) is 24.5 Å². The smallest absolute Gasteiger partial charge is 0.240 e. The van der Waals surface area contributed by atoms with E-state index in [4.69, 9.17) is 14.5 Å². The van der Waals surface area contributed by atoms with Crippen LogP contribution in [-0.2, 0) is 26.8 Å². The van der Waals surface area contributed by atoms with Crippen molar-refractivity contribution in [3.8, 4) is 11.6 Å². The van der Waals surface area contributed by atoms with E-state index in [1.165, 1.54) is 11.3 Å². The molecule has 2 aromatic heterocycles. The number of carbonyl (C=O) groups excluding carboxylic acids is 1. The minimum atomic E-state index is -3.81. The van der Waals surface area contributed by atoms with Gasteiger partial charge in [0.15, 0.2) is 5.13 Å². The van der Waals surface area contributed by atoms with Gasteiger partial charge < -0.3 is 19.3 Å². The molecule has 1 amide bonds. The SMILES string of the molecule is COc1cccc(CNS(=O)(=O)c2ccc3c(c2)C2(CCN(C(C)=O)C2)CN3c2nc3ccc(OC)nc3s2)c1. The Balaban J connectivity index is 1.36. The third-order valence-corrected chi connectivity index (χ3v) is 10.0. The molecule has 12 heteroatoms. The highest BCUT2D eigenvalue weighted by atomic mass is 32.2. The van der Waals surface area contributed by atoms with Gasteiger partial charge in [-0.3, -0.25) is 4.79 Å². The summed E-state index contributed by atoms with van der Waals surface area (Å²) in [6.07, 6.45) is 0.730. The zero-order valence-corrected chi connectivity index (χ0v) is 24.0. The molecule has 6 rings (SSSR count). The summed E-state index contributed by atoms with van der Waals surface area (Å²) in [5.74, 6) is 1.19. The number of thiazole rings is 1. The van der Waals surface area contributed by atoms with Gasteiger partial charge in [0.2, 0.25) is 21.8 Å². The molecule has 4 heterocycles. The third-order valence-electron chi connectivity index (χ3n) is 7.66. The molecule has 0 bridgehead atoms. The number of rotatable bonds is 7. The number of fused-ring (bicyclic) bond motifs is 3. The number of aromatic nitrogens is 2. The van der Waals surface area contributed by atoms with E-state index in [0.29, 0.717) is 31.3 Å². The average Bonchev–Trinajstić information content (AvgIpc) is 3.67. The number of anilines is 2. The first-order valence-electron chi connectivity index (χ1n) is 12.8. The van der Waals surface area contributed by atoms with Gasteiger partial charge in [-0.15, -0.1) is 0 Å². The Morgan fingerprint density at radius 3 is 2.67 bits per heavy atom. The Hall–Kier alpha value is -3.74. The number of amides is 1. The first-order valence-corrected chi connectivity index (χ1v) is 15.1. The molecule has 1 saturated heterocycles. The molecule has 208 valence electrons. The van der Waals surface area contributed by atoms with E-state index < -0.39 is 15.4 Å². The van der Waals surface area contributed by atoms with Crippen molar-refractivity contribution in [3.63, 3.8) is 0 Å². The molecule has 1 spiro atoms. The monoisotopic (exact) mass is 579 g/mol. The lowest BCUT2D eigenvalue weighted by Gasteiger charge is -2.25. The van der Waals surface area contributed by atoms with Crippen molar-refractivity contribution in [2.24, 2.45) is 0 Å².